The largest absolute Gasteiger partial charge is 0.345 e. The first-order valence-corrected chi connectivity index (χ1v) is 6.36. The lowest BCUT2D eigenvalue weighted by Crippen LogP contribution is -2.24. The van der Waals surface area contributed by atoms with Crippen LogP contribution in [0.2, 0.25) is 0 Å². The van der Waals surface area contributed by atoms with Crippen LogP contribution in [0.1, 0.15) is 43.2 Å². The molecule has 6 heteroatoms. The van der Waals surface area contributed by atoms with Crippen LogP contribution < -0.4 is 5.73 Å². The van der Waals surface area contributed by atoms with E-state index in [0.29, 0.717) is 25.7 Å². The second-order valence-corrected chi connectivity index (χ2v) is 5.70. The van der Waals surface area contributed by atoms with Gasteiger partial charge in [0.2, 0.25) is 0 Å². The smallest absolute Gasteiger partial charge is 0.264 e. The first kappa shape index (κ1) is 12.9. The van der Waals surface area contributed by atoms with Crippen LogP contribution in [-0.4, -0.2) is 15.6 Å². The number of hydrogen-bond acceptors (Lipinski definition) is 2. The minimum Gasteiger partial charge on any atom is -0.345 e. The summed E-state index contributed by atoms with van der Waals surface area (Å²) in [6, 6.07) is -0.235. The molecular weight excluding hydrogens is 243 g/mol. The Morgan fingerprint density at radius 1 is 1.65 bits per heavy atom. The first-order valence-electron chi connectivity index (χ1n) is 5.78. The highest BCUT2D eigenvalue weighted by molar-refractivity contribution is 7.18. The summed E-state index contributed by atoms with van der Waals surface area (Å²) in [4.78, 5) is 7.10. The van der Waals surface area contributed by atoms with Crippen LogP contribution in [0.3, 0.4) is 0 Å². The van der Waals surface area contributed by atoms with Gasteiger partial charge in [-0.3, -0.25) is 0 Å². The molecule has 0 radical (unpaired) electrons. The molecule has 3 nitrogen and oxygen atoms in total. The van der Waals surface area contributed by atoms with Gasteiger partial charge in [0.05, 0.1) is 5.69 Å². The van der Waals surface area contributed by atoms with Crippen LogP contribution >= 0.6 is 9.24 Å². The Morgan fingerprint density at radius 3 is 2.71 bits per heavy atom. The van der Waals surface area contributed by atoms with Gasteiger partial charge in [0.15, 0.2) is 0 Å². The Hall–Kier alpha value is -0.540. The molecule has 2 unspecified atom stereocenters. The number of H-pyrrole nitrogens is 1. The van der Waals surface area contributed by atoms with Gasteiger partial charge in [-0.2, -0.15) is 0 Å². The molecule has 1 saturated carbocycles. The second kappa shape index (κ2) is 4.29. The zero-order valence-electron chi connectivity index (χ0n) is 9.84. The molecule has 96 valence electrons. The van der Waals surface area contributed by atoms with Gasteiger partial charge in [-0.05, 0) is 32.6 Å². The zero-order chi connectivity index (χ0) is 12.7. The van der Waals surface area contributed by atoms with Crippen LogP contribution in [0.25, 0.3) is 0 Å². The van der Waals surface area contributed by atoms with Crippen molar-refractivity contribution >= 4 is 9.24 Å². The Bertz CT molecular complexity index is 396. The molecule has 1 aromatic rings. The van der Waals surface area contributed by atoms with Crippen molar-refractivity contribution in [3.63, 3.8) is 0 Å². The lowest BCUT2D eigenvalue weighted by Gasteiger charge is -2.23. The van der Waals surface area contributed by atoms with E-state index in [0.717, 1.165) is 11.5 Å². The molecule has 0 bridgehead atoms. The average molecular weight is 261 g/mol. The number of halogens is 2. The second-order valence-electron chi connectivity index (χ2n) is 4.97. The molecule has 2 atom stereocenters. The average Bonchev–Trinajstić information content (AvgIpc) is 2.91. The lowest BCUT2D eigenvalue weighted by atomic mass is 9.96. The van der Waals surface area contributed by atoms with Crippen molar-refractivity contribution in [3.05, 3.63) is 17.7 Å². The molecule has 1 aliphatic carbocycles. The fourth-order valence-corrected chi connectivity index (χ4v) is 2.55. The molecule has 1 fully saturated rings. The fourth-order valence-electron chi connectivity index (χ4n) is 2.12. The molecular formula is C11H18F2N3P. The van der Waals surface area contributed by atoms with E-state index >= 15 is 0 Å². The zero-order valence-corrected chi connectivity index (χ0v) is 11.0. The highest BCUT2D eigenvalue weighted by Crippen LogP contribution is 2.62. The van der Waals surface area contributed by atoms with Gasteiger partial charge in [0.1, 0.15) is 5.82 Å². The summed E-state index contributed by atoms with van der Waals surface area (Å²) in [5.74, 6) is 0.799. The summed E-state index contributed by atoms with van der Waals surface area (Å²) in [6.45, 7) is 1.84. The standard InChI is InChI=1S/C11H18F2N3P/c1-7-15-6-9(16-7)8(14)2-3-10(4-5-10)11(12,13)17/h6,8H,2-5,14,17H2,1H3,(H,15,16). The fraction of sp³-hybridized carbons (Fsp3) is 0.727. The van der Waals surface area contributed by atoms with Crippen molar-refractivity contribution in [1.82, 2.24) is 9.97 Å². The van der Waals surface area contributed by atoms with Gasteiger partial charge in [0.25, 0.3) is 5.66 Å². The Balaban J connectivity index is 1.91. The van der Waals surface area contributed by atoms with Crippen molar-refractivity contribution in [3.8, 4) is 0 Å². The maximum absolute atomic E-state index is 13.3. The van der Waals surface area contributed by atoms with Gasteiger partial charge < -0.3 is 10.7 Å². The SMILES string of the molecule is Cc1ncc(C(N)CCC2(C(F)(F)P)CC2)[nH]1. The minimum absolute atomic E-state index is 0.235. The van der Waals surface area contributed by atoms with E-state index < -0.39 is 11.1 Å². The number of aryl methyl sites for hydroxylation is 1. The van der Waals surface area contributed by atoms with Crippen molar-refractivity contribution in [2.75, 3.05) is 0 Å². The topological polar surface area (TPSA) is 54.7 Å². The summed E-state index contributed by atoms with van der Waals surface area (Å²) >= 11 is 0. The van der Waals surface area contributed by atoms with Gasteiger partial charge >= 0.3 is 0 Å². The Labute approximate surface area is 102 Å². The van der Waals surface area contributed by atoms with Crippen LogP contribution in [0.15, 0.2) is 6.20 Å². The van der Waals surface area contributed by atoms with Gasteiger partial charge in [-0.25, -0.2) is 13.8 Å². The monoisotopic (exact) mass is 261 g/mol. The van der Waals surface area contributed by atoms with Gasteiger partial charge in [-0.1, -0.05) is 9.24 Å². The number of rotatable bonds is 5. The van der Waals surface area contributed by atoms with Crippen LogP contribution in [-0.2, 0) is 0 Å². The van der Waals surface area contributed by atoms with Crippen molar-refractivity contribution in [2.45, 2.75) is 44.3 Å². The molecule has 0 amide bonds. The molecule has 0 aliphatic heterocycles. The van der Waals surface area contributed by atoms with Crippen LogP contribution in [0.4, 0.5) is 8.78 Å². The number of aromatic nitrogens is 2. The summed E-state index contributed by atoms with van der Waals surface area (Å²) in [7, 11) is 1.67. The van der Waals surface area contributed by atoms with Crippen LogP contribution in [0.5, 0.6) is 0 Å². The van der Waals surface area contributed by atoms with E-state index in [4.69, 9.17) is 5.73 Å². The number of nitrogens with two attached hydrogens (primary N) is 1. The summed E-state index contributed by atoms with van der Waals surface area (Å²) in [6.07, 6.45) is 3.89. The molecule has 3 N–H and O–H groups in total. The number of alkyl halides is 2. The van der Waals surface area contributed by atoms with Crippen molar-refractivity contribution in [1.29, 1.82) is 0 Å². The maximum atomic E-state index is 13.3. The predicted molar refractivity (Wildman–Crippen MR) is 65.8 cm³/mol. The third-order valence-corrected chi connectivity index (χ3v) is 4.23. The third-order valence-electron chi connectivity index (χ3n) is 3.62. The predicted octanol–water partition coefficient (Wildman–Crippen LogP) is 2.75. The number of nitrogens with one attached hydrogen (secondary N) is 1. The molecule has 17 heavy (non-hydrogen) atoms. The highest BCUT2D eigenvalue weighted by Gasteiger charge is 2.58. The summed E-state index contributed by atoms with van der Waals surface area (Å²) in [5, 5.41) is 0. The van der Waals surface area contributed by atoms with Gasteiger partial charge in [-0.15, -0.1) is 0 Å². The Kier molecular flexibility index (Phi) is 3.25. The Morgan fingerprint density at radius 2 is 2.29 bits per heavy atom. The number of imidazole rings is 1. The summed E-state index contributed by atoms with van der Waals surface area (Å²) < 4.78 is 26.6. The normalized spacial score (nSPS) is 20.3. The number of nitrogens with zero attached hydrogens (tertiary/aromatic N) is 1. The first-order chi connectivity index (χ1) is 7.84. The van der Waals surface area contributed by atoms with E-state index in [1.807, 2.05) is 6.92 Å². The minimum atomic E-state index is -2.67. The molecule has 0 saturated heterocycles. The molecule has 2 rings (SSSR count). The molecule has 0 aromatic carbocycles. The van der Waals surface area contributed by atoms with Crippen molar-refractivity contribution < 1.29 is 8.78 Å². The molecule has 1 heterocycles. The quantitative estimate of drug-likeness (QED) is 0.801. The highest BCUT2D eigenvalue weighted by atomic mass is 31.0. The molecule has 1 aliphatic rings. The third kappa shape index (κ3) is 2.66. The van der Waals surface area contributed by atoms with E-state index in [2.05, 4.69) is 9.97 Å². The van der Waals surface area contributed by atoms with Crippen LogP contribution in [0, 0.1) is 12.3 Å². The molecule has 1 aromatic heterocycles. The summed E-state index contributed by atoms with van der Waals surface area (Å²) in [5.41, 5.74) is 3.29. The van der Waals surface area contributed by atoms with Gasteiger partial charge in [0, 0.05) is 17.7 Å². The van der Waals surface area contributed by atoms with E-state index in [9.17, 15) is 8.78 Å². The van der Waals surface area contributed by atoms with E-state index in [-0.39, 0.29) is 6.04 Å². The number of aromatic amines is 1. The molecule has 0 spiro atoms. The lowest BCUT2D eigenvalue weighted by molar-refractivity contribution is 0.0143. The maximum Gasteiger partial charge on any atom is 0.264 e. The van der Waals surface area contributed by atoms with E-state index in [1.165, 1.54) is 0 Å². The van der Waals surface area contributed by atoms with Crippen molar-refractivity contribution in [2.24, 2.45) is 11.1 Å². The van der Waals surface area contributed by atoms with E-state index in [1.54, 1.807) is 15.4 Å². The number of hydrogen-bond donors (Lipinski definition) is 2.